The second-order valence-corrected chi connectivity index (χ2v) is 6.24. The molecule has 0 bridgehead atoms. The van der Waals surface area contributed by atoms with Crippen molar-refractivity contribution in [2.75, 3.05) is 26.8 Å². The van der Waals surface area contributed by atoms with Gasteiger partial charge in [0, 0.05) is 32.3 Å². The topological polar surface area (TPSA) is 98.5 Å². The molecule has 1 aliphatic heterocycles. The average molecular weight is 373 g/mol. The summed E-state index contributed by atoms with van der Waals surface area (Å²) < 4.78 is 12.7. The van der Waals surface area contributed by atoms with Gasteiger partial charge in [0.2, 0.25) is 0 Å². The van der Waals surface area contributed by atoms with Crippen molar-refractivity contribution in [2.24, 2.45) is 4.99 Å². The van der Waals surface area contributed by atoms with Crippen LogP contribution in [0.2, 0.25) is 0 Å². The molecule has 1 unspecified atom stereocenters. The number of fused-ring (bicyclic) bond motifs is 1. The van der Waals surface area contributed by atoms with E-state index in [1.165, 1.54) is 0 Å². The van der Waals surface area contributed by atoms with Crippen LogP contribution in [-0.4, -0.2) is 58.6 Å². The van der Waals surface area contributed by atoms with Crippen molar-refractivity contribution in [3.63, 3.8) is 0 Å². The van der Waals surface area contributed by atoms with Gasteiger partial charge in [-0.05, 0) is 25.5 Å². The van der Waals surface area contributed by atoms with E-state index >= 15 is 0 Å². The van der Waals surface area contributed by atoms with Crippen LogP contribution in [0.25, 0.3) is 0 Å². The van der Waals surface area contributed by atoms with Gasteiger partial charge in [0.15, 0.2) is 11.8 Å². The average Bonchev–Trinajstić information content (AvgIpc) is 3.08. The molecule has 2 aromatic rings. The van der Waals surface area contributed by atoms with Crippen LogP contribution in [0.5, 0.6) is 5.75 Å². The summed E-state index contributed by atoms with van der Waals surface area (Å²) in [7, 11) is 1.65. The highest BCUT2D eigenvalue weighted by atomic mass is 16.5. The van der Waals surface area contributed by atoms with E-state index in [0.717, 1.165) is 49.3 Å². The second-order valence-electron chi connectivity index (χ2n) is 6.24. The number of rotatable bonds is 8. The maximum Gasteiger partial charge on any atom is 0.191 e. The van der Waals surface area contributed by atoms with Gasteiger partial charge in [-0.25, -0.2) is 14.7 Å². The molecular weight excluding hydrogens is 346 g/mol. The number of pyridine rings is 1. The Kier molecular flexibility index (Phi) is 6.97. The summed E-state index contributed by atoms with van der Waals surface area (Å²) in [5.41, 5.74) is 0. The summed E-state index contributed by atoms with van der Waals surface area (Å²) in [5.74, 6) is 3.30. The van der Waals surface area contributed by atoms with Crippen LogP contribution >= 0.6 is 0 Å². The van der Waals surface area contributed by atoms with Crippen LogP contribution in [0.15, 0.2) is 29.5 Å². The lowest BCUT2D eigenvalue weighted by molar-refractivity contribution is 0.177. The minimum Gasteiger partial charge on any atom is -0.490 e. The van der Waals surface area contributed by atoms with Gasteiger partial charge in [0.05, 0.1) is 19.3 Å². The lowest BCUT2D eigenvalue weighted by atomic mass is 10.1. The first-order chi connectivity index (χ1) is 13.3. The Balaban J connectivity index is 1.51. The number of aromatic nitrogens is 4. The van der Waals surface area contributed by atoms with Crippen molar-refractivity contribution in [1.29, 1.82) is 0 Å². The molecule has 0 amide bonds. The van der Waals surface area contributed by atoms with Gasteiger partial charge < -0.3 is 20.1 Å². The van der Waals surface area contributed by atoms with Crippen LogP contribution in [0.3, 0.4) is 0 Å². The highest BCUT2D eigenvalue weighted by Crippen LogP contribution is 2.13. The molecule has 2 aromatic heterocycles. The lowest BCUT2D eigenvalue weighted by Gasteiger charge is -2.25. The van der Waals surface area contributed by atoms with Crippen LogP contribution < -0.4 is 15.4 Å². The third-order valence-corrected chi connectivity index (χ3v) is 4.12. The number of nitrogens with one attached hydrogen (secondary N) is 2. The SMILES string of the molecule is CCNC(=NCCOc1cccnc1)NC1CCc2nc(COC)nn2C1. The van der Waals surface area contributed by atoms with Gasteiger partial charge in [-0.15, -0.1) is 0 Å². The normalized spacial score (nSPS) is 16.7. The number of hydrogen-bond donors (Lipinski definition) is 2. The molecule has 0 spiro atoms. The van der Waals surface area contributed by atoms with Gasteiger partial charge >= 0.3 is 0 Å². The van der Waals surface area contributed by atoms with Crippen molar-refractivity contribution in [3.8, 4) is 5.75 Å². The summed E-state index contributed by atoms with van der Waals surface area (Å²) in [6.07, 6.45) is 5.30. The van der Waals surface area contributed by atoms with Crippen molar-refractivity contribution < 1.29 is 9.47 Å². The largest absolute Gasteiger partial charge is 0.490 e. The number of guanidine groups is 1. The molecule has 9 heteroatoms. The molecule has 0 fully saturated rings. The summed E-state index contributed by atoms with van der Waals surface area (Å²) >= 11 is 0. The molecule has 2 N–H and O–H groups in total. The van der Waals surface area contributed by atoms with Crippen molar-refractivity contribution in [3.05, 3.63) is 36.2 Å². The Labute approximate surface area is 159 Å². The maximum atomic E-state index is 5.64. The molecule has 0 radical (unpaired) electrons. The van der Waals surface area contributed by atoms with Gasteiger partial charge in [-0.3, -0.25) is 4.98 Å². The highest BCUT2D eigenvalue weighted by molar-refractivity contribution is 5.80. The first-order valence-electron chi connectivity index (χ1n) is 9.27. The van der Waals surface area contributed by atoms with Crippen LogP contribution in [0.1, 0.15) is 25.0 Å². The number of hydrogen-bond acceptors (Lipinski definition) is 6. The third kappa shape index (κ3) is 5.65. The number of ether oxygens (including phenoxy) is 2. The van der Waals surface area contributed by atoms with E-state index in [1.54, 1.807) is 19.5 Å². The first kappa shape index (κ1) is 19.1. The molecule has 3 heterocycles. The first-order valence-corrected chi connectivity index (χ1v) is 9.27. The van der Waals surface area contributed by atoms with Crippen LogP contribution in [0, 0.1) is 0 Å². The third-order valence-electron chi connectivity index (χ3n) is 4.12. The Hall–Kier alpha value is -2.68. The van der Waals surface area contributed by atoms with Crippen molar-refractivity contribution in [2.45, 2.75) is 39.0 Å². The minimum atomic E-state index is 0.256. The molecule has 0 saturated carbocycles. The van der Waals surface area contributed by atoms with E-state index in [0.29, 0.717) is 19.8 Å². The van der Waals surface area contributed by atoms with Gasteiger partial charge in [0.1, 0.15) is 24.8 Å². The van der Waals surface area contributed by atoms with Gasteiger partial charge in [0.25, 0.3) is 0 Å². The summed E-state index contributed by atoms with van der Waals surface area (Å²) in [6, 6.07) is 3.99. The van der Waals surface area contributed by atoms with Crippen LogP contribution in [0.4, 0.5) is 0 Å². The molecule has 27 heavy (non-hydrogen) atoms. The zero-order valence-electron chi connectivity index (χ0n) is 15.9. The van der Waals surface area contributed by atoms with Crippen molar-refractivity contribution in [1.82, 2.24) is 30.4 Å². The smallest absolute Gasteiger partial charge is 0.191 e. The number of aliphatic imine (C=N–C) groups is 1. The molecule has 0 aliphatic carbocycles. The summed E-state index contributed by atoms with van der Waals surface area (Å²) in [6.45, 7) is 5.12. The Morgan fingerprint density at radius 3 is 3.15 bits per heavy atom. The summed E-state index contributed by atoms with van der Waals surface area (Å²) in [4.78, 5) is 13.1. The molecule has 1 aliphatic rings. The predicted molar refractivity (Wildman–Crippen MR) is 102 cm³/mol. The zero-order chi connectivity index (χ0) is 18.9. The Morgan fingerprint density at radius 2 is 2.37 bits per heavy atom. The fourth-order valence-corrected chi connectivity index (χ4v) is 2.94. The van der Waals surface area contributed by atoms with E-state index in [4.69, 9.17) is 9.47 Å². The standard InChI is InChI=1S/C18H27N7O2/c1-3-20-18(21-9-10-27-15-5-4-8-19-11-15)22-14-6-7-17-23-16(13-26-2)24-25(17)12-14/h4-5,8,11,14H,3,6-7,9-10,12-13H2,1-2H3,(H2,20,21,22). The maximum absolute atomic E-state index is 5.64. The van der Waals surface area contributed by atoms with E-state index in [2.05, 4.69) is 37.6 Å². The minimum absolute atomic E-state index is 0.256. The number of nitrogens with zero attached hydrogens (tertiary/aromatic N) is 5. The Morgan fingerprint density at radius 1 is 1.44 bits per heavy atom. The van der Waals surface area contributed by atoms with E-state index in [1.807, 2.05) is 16.8 Å². The van der Waals surface area contributed by atoms with Crippen molar-refractivity contribution >= 4 is 5.96 Å². The van der Waals surface area contributed by atoms with E-state index < -0.39 is 0 Å². The molecule has 146 valence electrons. The Bertz CT molecular complexity index is 733. The molecular formula is C18H27N7O2. The fourth-order valence-electron chi connectivity index (χ4n) is 2.94. The van der Waals surface area contributed by atoms with Crippen LogP contribution in [-0.2, 0) is 24.3 Å². The lowest BCUT2D eigenvalue weighted by Crippen LogP contribution is -2.47. The van der Waals surface area contributed by atoms with Gasteiger partial charge in [-0.1, -0.05) is 0 Å². The second kappa shape index (κ2) is 9.86. The zero-order valence-corrected chi connectivity index (χ0v) is 15.9. The number of methoxy groups -OCH3 is 1. The van der Waals surface area contributed by atoms with Gasteiger partial charge in [-0.2, -0.15) is 5.10 Å². The molecule has 1 atom stereocenters. The quantitative estimate of drug-likeness (QED) is 0.401. The highest BCUT2D eigenvalue weighted by Gasteiger charge is 2.22. The number of aryl methyl sites for hydroxylation is 1. The monoisotopic (exact) mass is 373 g/mol. The molecule has 3 rings (SSSR count). The van der Waals surface area contributed by atoms with E-state index in [-0.39, 0.29) is 6.04 Å². The molecule has 0 aromatic carbocycles. The molecule has 0 saturated heterocycles. The fraction of sp³-hybridized carbons (Fsp3) is 0.556. The van der Waals surface area contributed by atoms with E-state index in [9.17, 15) is 0 Å². The summed E-state index contributed by atoms with van der Waals surface area (Å²) in [5, 5.41) is 11.3. The molecule has 9 nitrogen and oxygen atoms in total. The predicted octanol–water partition coefficient (Wildman–Crippen LogP) is 0.768.